The molecule has 9 rings (SSSR count). The van der Waals surface area contributed by atoms with Crippen LogP contribution in [0.1, 0.15) is 134 Å². The first kappa shape index (κ1) is 33.4. The van der Waals surface area contributed by atoms with Gasteiger partial charge in [-0.15, -0.1) is 0 Å². The van der Waals surface area contributed by atoms with Crippen molar-refractivity contribution in [1.29, 1.82) is 0 Å². The van der Waals surface area contributed by atoms with E-state index in [9.17, 15) is 2.74 Å². The molecule has 5 heteroatoms. The Morgan fingerprint density at radius 1 is 0.782 bits per heavy atom. The summed E-state index contributed by atoms with van der Waals surface area (Å²) in [6.45, 7) is 28.4. The second-order valence-electron chi connectivity index (χ2n) is 19.3. The molecule has 55 heavy (non-hydrogen) atoms. The van der Waals surface area contributed by atoms with Gasteiger partial charge < -0.3 is 9.47 Å². The summed E-state index contributed by atoms with van der Waals surface area (Å²) in [5.41, 5.74) is 10.7. The molecule has 6 aromatic rings. The lowest BCUT2D eigenvalue weighted by Crippen LogP contribution is -2.48. The minimum Gasteiger partial charge on any atom is -0.468 e. The Kier molecular flexibility index (Phi) is 6.89. The van der Waals surface area contributed by atoms with Crippen molar-refractivity contribution < 1.29 is 12.2 Å². The lowest BCUT2D eigenvalue weighted by molar-refractivity contribution is 0.0163. The Balaban J connectivity index is 1.21. The van der Waals surface area contributed by atoms with Crippen LogP contribution in [0.4, 0.5) is 0 Å². The van der Waals surface area contributed by atoms with E-state index in [1.807, 2.05) is 39.1 Å². The van der Waals surface area contributed by atoms with Crippen LogP contribution < -0.4 is 4.74 Å². The highest BCUT2D eigenvalue weighted by Gasteiger charge is 2.56. The fourth-order valence-corrected chi connectivity index (χ4v) is 9.11. The summed E-state index contributed by atoms with van der Waals surface area (Å²) in [6, 6.07) is 24.0. The van der Waals surface area contributed by atoms with Crippen LogP contribution in [-0.2, 0) is 32.9 Å². The molecule has 2 aliphatic heterocycles. The summed E-state index contributed by atoms with van der Waals surface area (Å²) in [7, 11) is 0. The van der Waals surface area contributed by atoms with Crippen molar-refractivity contribution >= 4 is 27.7 Å². The monoisotopic (exact) mass is 731 g/mol. The Labute approximate surface area is 329 Å². The van der Waals surface area contributed by atoms with Gasteiger partial charge in [-0.1, -0.05) is 79.7 Å². The number of aliphatic imine (C=N–C) groups is 1. The van der Waals surface area contributed by atoms with Crippen molar-refractivity contribution in [3.05, 3.63) is 129 Å². The lowest BCUT2D eigenvalue weighted by atomic mass is 9.67. The molecule has 282 valence electrons. The smallest absolute Gasteiger partial charge is 0.217 e. The number of hydrogen-bond acceptors (Lipinski definition) is 4. The van der Waals surface area contributed by atoms with Gasteiger partial charge in [-0.3, -0.25) is 4.57 Å². The first-order valence-corrected chi connectivity index (χ1v) is 19.8. The molecule has 0 saturated heterocycles. The summed E-state index contributed by atoms with van der Waals surface area (Å²) in [4.78, 5) is 10.4. The van der Waals surface area contributed by atoms with E-state index in [0.29, 0.717) is 11.6 Å². The van der Waals surface area contributed by atoms with Crippen molar-refractivity contribution in [2.24, 2.45) is 4.99 Å². The largest absolute Gasteiger partial charge is 0.468 e. The van der Waals surface area contributed by atoms with Crippen LogP contribution in [0.15, 0.2) is 77.9 Å². The van der Waals surface area contributed by atoms with E-state index in [0.717, 1.165) is 56.0 Å². The fraction of sp³-hybridized carbons (Fsp3) is 0.400. The van der Waals surface area contributed by atoms with Crippen LogP contribution in [0.25, 0.3) is 27.6 Å². The van der Waals surface area contributed by atoms with E-state index < -0.39 is 17.5 Å². The minimum atomic E-state index is -1.56. The van der Waals surface area contributed by atoms with Gasteiger partial charge in [0.15, 0.2) is 0 Å². The molecule has 1 aliphatic carbocycles. The van der Waals surface area contributed by atoms with E-state index in [-0.39, 0.29) is 22.7 Å². The quantitative estimate of drug-likeness (QED) is 0.182. The van der Waals surface area contributed by atoms with Gasteiger partial charge in [-0.2, -0.15) is 0 Å². The first-order valence-electron chi connectivity index (χ1n) is 20.8. The number of nitrogens with zero attached hydrogens (tertiary/aromatic N) is 3. The van der Waals surface area contributed by atoms with Gasteiger partial charge in [0.1, 0.15) is 28.5 Å². The minimum absolute atomic E-state index is 0.0227. The molecule has 0 radical (unpaired) electrons. The molecule has 3 aliphatic rings. The van der Waals surface area contributed by atoms with E-state index in [1.54, 1.807) is 0 Å². The number of benzene rings is 4. The number of aryl methyl sites for hydroxylation is 2. The standard InChI is InChI=1S/C50H55N3O2/c1-28-16-17-38-35(30(28)3)18-19-49(12)50(38,13)52-45(55-49)31-22-32(46(4,5)6)24-34(23-31)54-42-27-41-36(21-29(42)2)37-25-33(47(7,8)9)26-40-43(37)53(41)44-39(48(40,10)11)15-14-20-51-44/h14-17,20-27H,18-19H2,1-13H3/t49-,50+/m0/s1/i18D2. The van der Waals surface area contributed by atoms with Crippen molar-refractivity contribution in [3.63, 3.8) is 0 Å². The number of pyridine rings is 1. The van der Waals surface area contributed by atoms with Crippen LogP contribution >= 0.6 is 0 Å². The highest BCUT2D eigenvalue weighted by atomic mass is 16.5. The van der Waals surface area contributed by atoms with Gasteiger partial charge in [0.2, 0.25) is 5.90 Å². The van der Waals surface area contributed by atoms with E-state index in [4.69, 9.17) is 19.5 Å². The molecule has 0 N–H and O–H groups in total. The van der Waals surface area contributed by atoms with Gasteiger partial charge in [0, 0.05) is 42.3 Å². The predicted octanol–water partition coefficient (Wildman–Crippen LogP) is 12.5. The summed E-state index contributed by atoms with van der Waals surface area (Å²) < 4.78 is 34.6. The van der Waals surface area contributed by atoms with Gasteiger partial charge >= 0.3 is 0 Å². The Morgan fingerprint density at radius 2 is 1.51 bits per heavy atom. The lowest BCUT2D eigenvalue weighted by Gasteiger charge is -2.43. The van der Waals surface area contributed by atoms with Gasteiger partial charge in [0.25, 0.3) is 0 Å². The molecular formula is C50H55N3O2. The predicted molar refractivity (Wildman–Crippen MR) is 227 cm³/mol. The van der Waals surface area contributed by atoms with E-state index in [2.05, 4.69) is 128 Å². The molecule has 2 atom stereocenters. The van der Waals surface area contributed by atoms with Crippen LogP contribution in [0, 0.1) is 20.8 Å². The molecule has 5 nitrogen and oxygen atoms in total. The Hall–Kier alpha value is -4.90. The first-order chi connectivity index (χ1) is 26.4. The van der Waals surface area contributed by atoms with Crippen molar-refractivity contribution in [3.8, 4) is 17.3 Å². The molecule has 0 spiro atoms. The van der Waals surface area contributed by atoms with Crippen LogP contribution in [0.2, 0.25) is 0 Å². The normalized spacial score (nSPS) is 22.7. The average molecular weight is 732 g/mol. The zero-order valence-corrected chi connectivity index (χ0v) is 34.8. The fourth-order valence-electron chi connectivity index (χ4n) is 9.11. The zero-order valence-electron chi connectivity index (χ0n) is 36.8. The number of rotatable bonds is 3. The van der Waals surface area contributed by atoms with E-state index >= 15 is 0 Å². The Morgan fingerprint density at radius 3 is 2.24 bits per heavy atom. The maximum atomic E-state index is 9.22. The third kappa shape index (κ3) is 5.10. The molecule has 0 unspecified atom stereocenters. The number of hydrogen-bond donors (Lipinski definition) is 0. The zero-order chi connectivity index (χ0) is 41.0. The van der Waals surface area contributed by atoms with Crippen LogP contribution in [0.5, 0.6) is 11.5 Å². The summed E-state index contributed by atoms with van der Waals surface area (Å²) in [6.07, 6.45) is 0.530. The average Bonchev–Trinajstić information content (AvgIpc) is 3.57. The molecule has 4 heterocycles. The number of fused-ring (bicyclic) bond motifs is 8. The maximum Gasteiger partial charge on any atom is 0.217 e. The molecular weight excluding hydrogens is 675 g/mol. The van der Waals surface area contributed by atoms with Crippen LogP contribution in [-0.4, -0.2) is 21.0 Å². The molecule has 2 aromatic heterocycles. The Bertz CT molecular complexity index is 2760. The third-order valence-electron chi connectivity index (χ3n) is 13.2. The van der Waals surface area contributed by atoms with Gasteiger partial charge in [0.05, 0.1) is 11.0 Å². The molecule has 4 aromatic carbocycles. The van der Waals surface area contributed by atoms with Gasteiger partial charge in [-0.25, -0.2) is 9.98 Å². The molecule has 0 amide bonds. The van der Waals surface area contributed by atoms with Crippen molar-refractivity contribution in [2.75, 3.05) is 0 Å². The number of aromatic nitrogens is 2. The summed E-state index contributed by atoms with van der Waals surface area (Å²) in [5, 5.41) is 2.42. The van der Waals surface area contributed by atoms with Crippen molar-refractivity contribution in [1.82, 2.24) is 9.55 Å². The topological polar surface area (TPSA) is 48.6 Å². The SMILES string of the molecule is [2H]C1([2H])C[C@]2(C)OC(c3cc(Oc4cc5c(cc4C)c4cc(C(C)(C)C)cc6c4n5-c4ncccc4C6(C)C)cc(C(C)(C)C)c3)=N[C@]2(C)c2ccc(C)c(C)c21. The molecule has 0 fully saturated rings. The number of ether oxygens (including phenoxy) is 2. The molecule has 0 saturated carbocycles. The van der Waals surface area contributed by atoms with Gasteiger partial charge in [-0.05, 0) is 139 Å². The summed E-state index contributed by atoms with van der Waals surface area (Å²) in [5.74, 6) is 2.94. The highest BCUT2D eigenvalue weighted by Crippen LogP contribution is 2.53. The highest BCUT2D eigenvalue weighted by molar-refractivity contribution is 6.12. The second kappa shape index (κ2) is 11.3. The van der Waals surface area contributed by atoms with Crippen LogP contribution in [0.3, 0.4) is 0 Å². The molecule has 0 bridgehead atoms. The van der Waals surface area contributed by atoms with E-state index in [1.165, 1.54) is 33.0 Å². The third-order valence-corrected chi connectivity index (χ3v) is 13.2. The van der Waals surface area contributed by atoms with Crippen molar-refractivity contribution in [2.45, 2.75) is 130 Å². The second-order valence-corrected chi connectivity index (χ2v) is 19.3. The summed E-state index contributed by atoms with van der Waals surface area (Å²) >= 11 is 0. The maximum absolute atomic E-state index is 9.22.